The van der Waals surface area contributed by atoms with Gasteiger partial charge in [0.1, 0.15) is 5.82 Å². The number of fused-ring (bicyclic) bond motifs is 1. The molecule has 1 heterocycles. The smallest absolute Gasteiger partial charge is 0.256 e. The number of benzene rings is 1. The summed E-state index contributed by atoms with van der Waals surface area (Å²) >= 11 is 0. The van der Waals surface area contributed by atoms with Crippen molar-refractivity contribution in [3.63, 3.8) is 0 Å². The summed E-state index contributed by atoms with van der Waals surface area (Å²) in [6.45, 7) is 2.28. The summed E-state index contributed by atoms with van der Waals surface area (Å²) in [4.78, 5) is 15.4. The first-order valence-electron chi connectivity index (χ1n) is 7.63. The number of aromatic nitrogens is 1. The van der Waals surface area contributed by atoms with Crippen molar-refractivity contribution in [3.05, 3.63) is 35.8 Å². The molecular formula is C17H19FN2O. The van der Waals surface area contributed by atoms with Gasteiger partial charge >= 0.3 is 0 Å². The van der Waals surface area contributed by atoms with E-state index in [2.05, 4.69) is 17.2 Å². The average Bonchev–Trinajstić information content (AvgIpc) is 2.82. The van der Waals surface area contributed by atoms with Crippen LogP contribution in [-0.2, 0) is 0 Å². The third-order valence-electron chi connectivity index (χ3n) is 5.16. The van der Waals surface area contributed by atoms with E-state index in [-0.39, 0.29) is 17.5 Å². The number of amides is 1. The van der Waals surface area contributed by atoms with E-state index in [1.807, 2.05) is 6.07 Å². The predicted molar refractivity (Wildman–Crippen MR) is 79.6 cm³/mol. The first-order valence-corrected chi connectivity index (χ1v) is 7.63. The van der Waals surface area contributed by atoms with Crippen LogP contribution in [0.3, 0.4) is 0 Å². The van der Waals surface area contributed by atoms with E-state index in [1.165, 1.54) is 18.9 Å². The van der Waals surface area contributed by atoms with Gasteiger partial charge in [-0.1, -0.05) is 6.92 Å². The largest absolute Gasteiger partial charge is 0.360 e. The van der Waals surface area contributed by atoms with Crippen LogP contribution in [0.5, 0.6) is 0 Å². The van der Waals surface area contributed by atoms with E-state index in [1.54, 1.807) is 12.3 Å². The lowest BCUT2D eigenvalue weighted by molar-refractivity contribution is -0.0399. The molecule has 2 N–H and O–H groups in total. The Bertz CT molecular complexity index is 707. The van der Waals surface area contributed by atoms with Crippen molar-refractivity contribution in [3.8, 4) is 0 Å². The lowest BCUT2D eigenvalue weighted by atomic mass is 9.50. The van der Waals surface area contributed by atoms with Gasteiger partial charge < -0.3 is 10.3 Å². The molecule has 1 spiro atoms. The summed E-state index contributed by atoms with van der Waals surface area (Å²) in [6, 6.07) is 5.10. The monoisotopic (exact) mass is 286 g/mol. The van der Waals surface area contributed by atoms with Crippen LogP contribution in [0.4, 0.5) is 4.39 Å². The number of carbonyl (C=O) groups excluding carboxylic acids is 1. The maximum atomic E-state index is 14.0. The van der Waals surface area contributed by atoms with E-state index in [4.69, 9.17) is 0 Å². The fourth-order valence-corrected chi connectivity index (χ4v) is 4.42. The number of H-pyrrole nitrogens is 1. The first kappa shape index (κ1) is 12.9. The molecule has 21 heavy (non-hydrogen) atoms. The van der Waals surface area contributed by atoms with Crippen LogP contribution in [0, 0.1) is 17.2 Å². The quantitative estimate of drug-likeness (QED) is 0.870. The number of rotatable bonds is 2. The third kappa shape index (κ3) is 1.96. The van der Waals surface area contributed by atoms with Gasteiger partial charge in [-0.2, -0.15) is 0 Å². The molecule has 1 aromatic carbocycles. The minimum absolute atomic E-state index is 0.139. The number of aromatic amines is 1. The van der Waals surface area contributed by atoms with E-state index < -0.39 is 5.82 Å². The van der Waals surface area contributed by atoms with Crippen LogP contribution in [0.25, 0.3) is 10.9 Å². The number of nitrogens with one attached hydrogen (secondary N) is 2. The molecule has 2 saturated carbocycles. The molecule has 1 amide bonds. The van der Waals surface area contributed by atoms with Crippen molar-refractivity contribution in [2.45, 2.75) is 38.6 Å². The van der Waals surface area contributed by atoms with Gasteiger partial charge in [0.25, 0.3) is 5.91 Å². The van der Waals surface area contributed by atoms with Gasteiger partial charge in [-0.15, -0.1) is 0 Å². The zero-order chi connectivity index (χ0) is 14.6. The highest BCUT2D eigenvalue weighted by atomic mass is 19.1. The predicted octanol–water partition coefficient (Wildman–Crippen LogP) is 3.62. The Hall–Kier alpha value is -1.84. The maximum Gasteiger partial charge on any atom is 0.256 e. The van der Waals surface area contributed by atoms with Gasteiger partial charge in [-0.25, -0.2) is 4.39 Å². The van der Waals surface area contributed by atoms with Crippen LogP contribution >= 0.6 is 0 Å². The molecule has 0 bridgehead atoms. The van der Waals surface area contributed by atoms with Crippen molar-refractivity contribution in [2.24, 2.45) is 11.3 Å². The molecule has 4 rings (SSSR count). The van der Waals surface area contributed by atoms with Crippen LogP contribution < -0.4 is 5.32 Å². The molecule has 1 aromatic heterocycles. The Morgan fingerprint density at radius 3 is 2.76 bits per heavy atom. The zero-order valence-electron chi connectivity index (χ0n) is 12.1. The number of halogens is 1. The second-order valence-electron chi connectivity index (χ2n) is 6.96. The highest BCUT2D eigenvalue weighted by Gasteiger charge is 2.51. The topological polar surface area (TPSA) is 44.9 Å². The highest BCUT2D eigenvalue weighted by molar-refractivity contribution is 6.06. The van der Waals surface area contributed by atoms with E-state index in [0.29, 0.717) is 10.9 Å². The van der Waals surface area contributed by atoms with Gasteiger partial charge in [-0.05, 0) is 55.2 Å². The molecule has 2 aromatic rings. The van der Waals surface area contributed by atoms with Gasteiger partial charge in [0.15, 0.2) is 0 Å². The minimum Gasteiger partial charge on any atom is -0.360 e. The fourth-order valence-electron chi connectivity index (χ4n) is 4.42. The molecule has 2 aliphatic rings. The van der Waals surface area contributed by atoms with E-state index >= 15 is 0 Å². The SMILES string of the molecule is CC1CC2(C1)CC(NC(=O)c1c(F)ccc3cc[nH]c13)C2. The van der Waals surface area contributed by atoms with E-state index in [9.17, 15) is 9.18 Å². The van der Waals surface area contributed by atoms with Crippen molar-refractivity contribution < 1.29 is 9.18 Å². The van der Waals surface area contributed by atoms with Crippen molar-refractivity contribution in [1.82, 2.24) is 10.3 Å². The molecule has 4 heteroatoms. The van der Waals surface area contributed by atoms with Crippen molar-refractivity contribution >= 4 is 16.8 Å². The first-order chi connectivity index (χ1) is 10.1. The van der Waals surface area contributed by atoms with Crippen LogP contribution in [0.2, 0.25) is 0 Å². The number of hydrogen-bond donors (Lipinski definition) is 2. The molecule has 0 unspecified atom stereocenters. The molecule has 0 atom stereocenters. The molecule has 2 aliphatic carbocycles. The van der Waals surface area contributed by atoms with Crippen LogP contribution in [0.1, 0.15) is 43.0 Å². The Kier molecular flexibility index (Phi) is 2.65. The highest BCUT2D eigenvalue weighted by Crippen LogP contribution is 2.58. The zero-order valence-corrected chi connectivity index (χ0v) is 12.1. The Morgan fingerprint density at radius 1 is 1.29 bits per heavy atom. The Morgan fingerprint density at radius 2 is 2.05 bits per heavy atom. The third-order valence-corrected chi connectivity index (χ3v) is 5.16. The molecule has 110 valence electrons. The van der Waals surface area contributed by atoms with Gasteiger partial charge in [0.05, 0.1) is 11.1 Å². The number of hydrogen-bond acceptors (Lipinski definition) is 1. The number of carbonyl (C=O) groups is 1. The standard InChI is InChI=1S/C17H19FN2O/c1-10-6-17(7-10)8-12(9-17)20-16(21)14-13(18)3-2-11-4-5-19-15(11)14/h2-5,10,12,19H,6-9H2,1H3,(H,20,21). The normalized spacial score (nSPS) is 31.0. The van der Waals surface area contributed by atoms with Gasteiger partial charge in [0, 0.05) is 17.6 Å². The van der Waals surface area contributed by atoms with Gasteiger partial charge in [0.2, 0.25) is 0 Å². The molecule has 3 nitrogen and oxygen atoms in total. The second-order valence-corrected chi connectivity index (χ2v) is 6.96. The average molecular weight is 286 g/mol. The molecule has 0 radical (unpaired) electrons. The molecule has 0 saturated heterocycles. The summed E-state index contributed by atoms with van der Waals surface area (Å²) in [5.41, 5.74) is 1.20. The summed E-state index contributed by atoms with van der Waals surface area (Å²) in [6.07, 6.45) is 6.38. The maximum absolute atomic E-state index is 14.0. The summed E-state index contributed by atoms with van der Waals surface area (Å²) in [5, 5.41) is 3.86. The lowest BCUT2D eigenvalue weighted by Crippen LogP contribution is -2.55. The summed E-state index contributed by atoms with van der Waals surface area (Å²) in [7, 11) is 0. The van der Waals surface area contributed by atoms with Crippen molar-refractivity contribution in [2.75, 3.05) is 0 Å². The van der Waals surface area contributed by atoms with Crippen LogP contribution in [-0.4, -0.2) is 16.9 Å². The summed E-state index contributed by atoms with van der Waals surface area (Å²) in [5.74, 6) is 0.0632. The van der Waals surface area contributed by atoms with Crippen molar-refractivity contribution in [1.29, 1.82) is 0 Å². The Labute approximate surface area is 122 Å². The summed E-state index contributed by atoms with van der Waals surface area (Å²) < 4.78 is 14.0. The van der Waals surface area contributed by atoms with E-state index in [0.717, 1.165) is 24.1 Å². The molecule has 0 aliphatic heterocycles. The second kappa shape index (κ2) is 4.33. The minimum atomic E-state index is -0.464. The molecule has 2 fully saturated rings. The lowest BCUT2D eigenvalue weighted by Gasteiger charge is -2.57. The Balaban J connectivity index is 1.50. The van der Waals surface area contributed by atoms with Gasteiger partial charge in [-0.3, -0.25) is 4.79 Å². The van der Waals surface area contributed by atoms with Crippen LogP contribution in [0.15, 0.2) is 24.4 Å². The fraction of sp³-hybridized carbons (Fsp3) is 0.471. The molecular weight excluding hydrogens is 267 g/mol.